The third-order valence-electron chi connectivity index (χ3n) is 2.06. The topological polar surface area (TPSA) is 79.5 Å². The largest absolute Gasteiger partial charge is 0.370 e. The highest BCUT2D eigenvalue weighted by Gasteiger charge is 2.09. The molecule has 5 nitrogen and oxygen atoms in total. The van der Waals surface area contributed by atoms with Crippen molar-refractivity contribution in [1.82, 2.24) is 10.6 Å². The van der Waals surface area contributed by atoms with Crippen molar-refractivity contribution >= 4 is 11.7 Å². The zero-order chi connectivity index (χ0) is 11.0. The molecule has 0 rings (SSSR count). The van der Waals surface area contributed by atoms with E-state index in [0.29, 0.717) is 5.96 Å². The van der Waals surface area contributed by atoms with Crippen LogP contribution in [-0.4, -0.2) is 38.4 Å². The Morgan fingerprint density at radius 3 is 2.64 bits per heavy atom. The standard InChI is InChI=1S/C9H20N4O/c1-7(14)8(11-2)5-4-6-13-9(10)12-3/h8,11H,4-6H2,1-3H3,(H3,10,12,13). The molecule has 5 heteroatoms. The number of ketones is 1. The molecule has 14 heavy (non-hydrogen) atoms. The minimum atomic E-state index is -0.0448. The van der Waals surface area contributed by atoms with Gasteiger partial charge in [-0.15, -0.1) is 0 Å². The minimum Gasteiger partial charge on any atom is -0.370 e. The van der Waals surface area contributed by atoms with Gasteiger partial charge in [-0.1, -0.05) is 0 Å². The van der Waals surface area contributed by atoms with Crippen LogP contribution in [-0.2, 0) is 4.79 Å². The second-order valence-electron chi connectivity index (χ2n) is 3.13. The van der Waals surface area contributed by atoms with Crippen molar-refractivity contribution in [1.29, 1.82) is 0 Å². The summed E-state index contributed by atoms with van der Waals surface area (Å²) in [5, 5.41) is 5.90. The van der Waals surface area contributed by atoms with Crippen molar-refractivity contribution in [3.05, 3.63) is 0 Å². The van der Waals surface area contributed by atoms with Crippen molar-refractivity contribution < 1.29 is 4.79 Å². The summed E-state index contributed by atoms with van der Waals surface area (Å²) in [5.74, 6) is 0.610. The monoisotopic (exact) mass is 200 g/mol. The van der Waals surface area contributed by atoms with E-state index in [1.165, 1.54) is 0 Å². The second-order valence-corrected chi connectivity index (χ2v) is 3.13. The van der Waals surface area contributed by atoms with Crippen LogP contribution in [0.15, 0.2) is 4.99 Å². The lowest BCUT2D eigenvalue weighted by Gasteiger charge is -2.12. The van der Waals surface area contributed by atoms with Gasteiger partial charge in [-0.05, 0) is 26.8 Å². The van der Waals surface area contributed by atoms with Crippen LogP contribution < -0.4 is 16.4 Å². The molecule has 0 amide bonds. The van der Waals surface area contributed by atoms with Crippen molar-refractivity contribution in [2.75, 3.05) is 20.6 Å². The summed E-state index contributed by atoms with van der Waals surface area (Å²) >= 11 is 0. The highest BCUT2D eigenvalue weighted by molar-refractivity contribution is 5.81. The van der Waals surface area contributed by atoms with Crippen LogP contribution in [0.4, 0.5) is 0 Å². The Labute approximate surface area is 85.2 Å². The van der Waals surface area contributed by atoms with Gasteiger partial charge in [0.25, 0.3) is 0 Å². The van der Waals surface area contributed by atoms with Crippen molar-refractivity contribution in [3.8, 4) is 0 Å². The van der Waals surface area contributed by atoms with E-state index in [4.69, 9.17) is 5.73 Å². The van der Waals surface area contributed by atoms with E-state index in [2.05, 4.69) is 15.6 Å². The molecule has 0 heterocycles. The number of rotatable bonds is 6. The van der Waals surface area contributed by atoms with Crippen LogP contribution in [0.5, 0.6) is 0 Å². The Bertz CT molecular complexity index is 203. The van der Waals surface area contributed by atoms with Crippen molar-refractivity contribution in [2.24, 2.45) is 10.7 Å². The van der Waals surface area contributed by atoms with Gasteiger partial charge in [-0.3, -0.25) is 9.79 Å². The Balaban J connectivity index is 3.57. The predicted molar refractivity (Wildman–Crippen MR) is 58.3 cm³/mol. The number of carbonyl (C=O) groups is 1. The minimum absolute atomic E-state index is 0.0448. The maximum Gasteiger partial charge on any atom is 0.188 e. The normalized spacial score (nSPS) is 13.8. The van der Waals surface area contributed by atoms with E-state index in [-0.39, 0.29) is 11.8 Å². The first-order valence-corrected chi connectivity index (χ1v) is 4.75. The fraction of sp³-hybridized carbons (Fsp3) is 0.778. The number of guanidine groups is 1. The predicted octanol–water partition coefficient (Wildman–Crippen LogP) is -0.522. The molecule has 0 bridgehead atoms. The summed E-state index contributed by atoms with van der Waals surface area (Å²) < 4.78 is 0. The van der Waals surface area contributed by atoms with Crippen LogP contribution in [0.1, 0.15) is 19.8 Å². The van der Waals surface area contributed by atoms with Crippen LogP contribution >= 0.6 is 0 Å². The number of nitrogens with zero attached hydrogens (tertiary/aromatic N) is 1. The summed E-state index contributed by atoms with van der Waals surface area (Å²) in [6.07, 6.45) is 1.71. The van der Waals surface area contributed by atoms with Crippen LogP contribution in [0.3, 0.4) is 0 Å². The van der Waals surface area contributed by atoms with Crippen LogP contribution in [0, 0.1) is 0 Å². The number of aliphatic imine (C=N–C) groups is 1. The Hall–Kier alpha value is -1.10. The first-order chi connectivity index (χ1) is 6.61. The van der Waals surface area contributed by atoms with Crippen LogP contribution in [0.25, 0.3) is 0 Å². The number of Topliss-reactive ketones (excluding diaryl/α,β-unsaturated/α-hetero) is 1. The van der Waals surface area contributed by atoms with E-state index >= 15 is 0 Å². The molecule has 0 aliphatic rings. The fourth-order valence-corrected chi connectivity index (χ4v) is 1.15. The smallest absolute Gasteiger partial charge is 0.188 e. The molecular weight excluding hydrogens is 180 g/mol. The summed E-state index contributed by atoms with van der Waals surface area (Å²) in [5.41, 5.74) is 5.44. The number of hydrogen-bond acceptors (Lipinski definition) is 3. The maximum atomic E-state index is 11.0. The molecule has 0 fully saturated rings. The third-order valence-corrected chi connectivity index (χ3v) is 2.06. The van der Waals surface area contributed by atoms with Gasteiger partial charge in [0.15, 0.2) is 5.96 Å². The van der Waals surface area contributed by atoms with Gasteiger partial charge in [-0.2, -0.15) is 0 Å². The number of likely N-dealkylation sites (N-methyl/N-ethyl adjacent to an activating group) is 1. The second kappa shape index (κ2) is 7.32. The molecule has 82 valence electrons. The lowest BCUT2D eigenvalue weighted by Crippen LogP contribution is -2.35. The van der Waals surface area contributed by atoms with E-state index in [9.17, 15) is 4.79 Å². The van der Waals surface area contributed by atoms with Crippen molar-refractivity contribution in [2.45, 2.75) is 25.8 Å². The van der Waals surface area contributed by atoms with Gasteiger partial charge in [0.05, 0.1) is 6.04 Å². The van der Waals surface area contributed by atoms with Gasteiger partial charge in [0, 0.05) is 13.6 Å². The molecule has 0 spiro atoms. The summed E-state index contributed by atoms with van der Waals surface area (Å²) in [7, 11) is 3.43. The van der Waals surface area contributed by atoms with E-state index in [1.54, 1.807) is 21.0 Å². The highest BCUT2D eigenvalue weighted by atomic mass is 16.1. The van der Waals surface area contributed by atoms with Gasteiger partial charge in [0.1, 0.15) is 5.78 Å². The van der Waals surface area contributed by atoms with Crippen molar-refractivity contribution in [3.63, 3.8) is 0 Å². The zero-order valence-electron chi connectivity index (χ0n) is 9.13. The first-order valence-electron chi connectivity index (χ1n) is 4.75. The van der Waals surface area contributed by atoms with E-state index < -0.39 is 0 Å². The van der Waals surface area contributed by atoms with Crippen LogP contribution in [0.2, 0.25) is 0 Å². The third kappa shape index (κ3) is 5.53. The molecule has 0 aliphatic heterocycles. The van der Waals surface area contributed by atoms with E-state index in [1.807, 2.05) is 0 Å². The average molecular weight is 200 g/mol. The average Bonchev–Trinajstić information content (AvgIpc) is 2.16. The number of hydrogen-bond donors (Lipinski definition) is 3. The van der Waals surface area contributed by atoms with E-state index in [0.717, 1.165) is 19.4 Å². The molecule has 0 saturated heterocycles. The van der Waals surface area contributed by atoms with Gasteiger partial charge in [0.2, 0.25) is 0 Å². The summed E-state index contributed by atoms with van der Waals surface area (Å²) in [6.45, 7) is 2.34. The number of nitrogens with one attached hydrogen (secondary N) is 2. The highest BCUT2D eigenvalue weighted by Crippen LogP contribution is 1.96. The molecule has 0 aromatic heterocycles. The quantitative estimate of drug-likeness (QED) is 0.306. The molecule has 0 aliphatic carbocycles. The Morgan fingerprint density at radius 1 is 1.57 bits per heavy atom. The van der Waals surface area contributed by atoms with Gasteiger partial charge >= 0.3 is 0 Å². The maximum absolute atomic E-state index is 11.0. The lowest BCUT2D eigenvalue weighted by molar-refractivity contribution is -0.119. The molecule has 4 N–H and O–H groups in total. The fourth-order valence-electron chi connectivity index (χ4n) is 1.15. The molecule has 0 radical (unpaired) electrons. The Kier molecular flexibility index (Phi) is 6.74. The zero-order valence-corrected chi connectivity index (χ0v) is 9.13. The molecule has 0 saturated carbocycles. The molecule has 0 aromatic rings. The molecule has 0 aromatic carbocycles. The molecular formula is C9H20N4O. The number of nitrogens with two attached hydrogens (primary N) is 1. The Morgan fingerprint density at radius 2 is 2.21 bits per heavy atom. The molecule has 1 atom stereocenters. The van der Waals surface area contributed by atoms with Gasteiger partial charge in [-0.25, -0.2) is 0 Å². The first kappa shape index (κ1) is 12.9. The molecule has 1 unspecified atom stereocenters. The van der Waals surface area contributed by atoms with Gasteiger partial charge < -0.3 is 16.4 Å². The lowest BCUT2D eigenvalue weighted by atomic mass is 10.1. The summed E-state index contributed by atoms with van der Waals surface area (Å²) in [4.78, 5) is 14.8. The number of carbonyl (C=O) groups excluding carboxylic acids is 1. The SMILES string of the molecule is CN=C(N)NCCCC(NC)C(C)=O. The summed E-state index contributed by atoms with van der Waals surface area (Å²) in [6, 6.07) is -0.0448.